The van der Waals surface area contributed by atoms with Crippen molar-refractivity contribution < 1.29 is 13.4 Å². The quantitative estimate of drug-likeness (QED) is 0.555. The van der Waals surface area contributed by atoms with E-state index in [0.717, 1.165) is 19.3 Å². The molecule has 0 aliphatic rings. The highest BCUT2D eigenvalue weighted by atomic mass is 32.2. The number of benzene rings is 1. The van der Waals surface area contributed by atoms with Crippen LogP contribution in [-0.4, -0.2) is 21.5 Å². The number of hydrogen-bond acceptors (Lipinski definition) is 2. The molecule has 0 spiro atoms. The second kappa shape index (κ2) is 7.33. The van der Waals surface area contributed by atoms with Crippen LogP contribution in [0.5, 0.6) is 0 Å². The zero-order valence-corrected chi connectivity index (χ0v) is 10.8. The number of rotatable bonds is 7. The van der Waals surface area contributed by atoms with Crippen LogP contribution in [0.2, 0.25) is 0 Å². The number of ketones is 1. The Morgan fingerprint density at radius 1 is 1.29 bits per heavy atom. The van der Waals surface area contributed by atoms with Crippen molar-refractivity contribution in [1.82, 2.24) is 0 Å². The third-order valence-corrected chi connectivity index (χ3v) is 3.77. The molecule has 1 aromatic carbocycles. The molecule has 17 heavy (non-hydrogen) atoms. The molecule has 2 nitrogen and oxygen atoms in total. The first-order valence-electron chi connectivity index (χ1n) is 5.78. The van der Waals surface area contributed by atoms with Gasteiger partial charge in [-0.15, -0.1) is 0 Å². The van der Waals surface area contributed by atoms with E-state index in [1.54, 1.807) is 6.07 Å². The van der Waals surface area contributed by atoms with Crippen LogP contribution in [0.4, 0.5) is 4.39 Å². The molecule has 0 fully saturated rings. The largest absolute Gasteiger partial charge is 0.293 e. The minimum absolute atomic E-state index is 0.0383. The predicted octanol–water partition coefficient (Wildman–Crippen LogP) is 2.95. The van der Waals surface area contributed by atoms with Gasteiger partial charge in [-0.2, -0.15) is 0 Å². The molecule has 0 bridgehead atoms. The summed E-state index contributed by atoms with van der Waals surface area (Å²) in [7, 11) is -1.18. The standard InChI is InChI=1S/C13H17FO2S/c1-2-3-6-9-17(16)10-13(15)11-7-4-5-8-12(11)14/h4-5,7-8H,2-3,6,9-10H2,1H3. The van der Waals surface area contributed by atoms with Gasteiger partial charge in [0, 0.05) is 16.6 Å². The van der Waals surface area contributed by atoms with E-state index in [1.165, 1.54) is 18.2 Å². The average molecular weight is 256 g/mol. The third-order valence-electron chi connectivity index (χ3n) is 2.44. The van der Waals surface area contributed by atoms with Gasteiger partial charge < -0.3 is 0 Å². The molecule has 0 saturated carbocycles. The Kier molecular flexibility index (Phi) is 6.05. The molecule has 1 rings (SSSR count). The number of carbonyl (C=O) groups is 1. The second-order valence-corrected chi connectivity index (χ2v) is 5.47. The van der Waals surface area contributed by atoms with Crippen LogP contribution in [0.3, 0.4) is 0 Å². The molecule has 0 amide bonds. The van der Waals surface area contributed by atoms with Crippen molar-refractivity contribution in [3.8, 4) is 0 Å². The maximum absolute atomic E-state index is 13.3. The van der Waals surface area contributed by atoms with E-state index in [1.807, 2.05) is 0 Å². The summed E-state index contributed by atoms with van der Waals surface area (Å²) in [5, 5.41) is 0. The van der Waals surface area contributed by atoms with Gasteiger partial charge in [-0.1, -0.05) is 31.9 Å². The van der Waals surface area contributed by atoms with Crippen molar-refractivity contribution in [3.05, 3.63) is 35.6 Å². The maximum Gasteiger partial charge on any atom is 0.178 e. The molecule has 4 heteroatoms. The van der Waals surface area contributed by atoms with E-state index in [9.17, 15) is 13.4 Å². The van der Waals surface area contributed by atoms with E-state index in [2.05, 4.69) is 6.92 Å². The molecule has 94 valence electrons. The normalized spacial score (nSPS) is 12.4. The molecule has 0 radical (unpaired) electrons. The minimum atomic E-state index is -1.18. The van der Waals surface area contributed by atoms with Gasteiger partial charge in [0.1, 0.15) is 5.82 Å². The molecule has 0 N–H and O–H groups in total. The summed E-state index contributed by atoms with van der Waals surface area (Å²) in [6, 6.07) is 5.81. The summed E-state index contributed by atoms with van der Waals surface area (Å²) in [4.78, 5) is 11.7. The minimum Gasteiger partial charge on any atom is -0.293 e. The van der Waals surface area contributed by atoms with Gasteiger partial charge in [-0.3, -0.25) is 9.00 Å². The molecule has 1 unspecified atom stereocenters. The molecule has 1 aromatic rings. The van der Waals surface area contributed by atoms with Crippen LogP contribution in [0.15, 0.2) is 24.3 Å². The number of unbranched alkanes of at least 4 members (excludes halogenated alkanes) is 2. The van der Waals surface area contributed by atoms with Gasteiger partial charge >= 0.3 is 0 Å². The highest BCUT2D eigenvalue weighted by Gasteiger charge is 2.13. The van der Waals surface area contributed by atoms with Crippen molar-refractivity contribution in [1.29, 1.82) is 0 Å². The second-order valence-electron chi connectivity index (χ2n) is 3.90. The fourth-order valence-corrected chi connectivity index (χ4v) is 2.61. The molecule has 0 heterocycles. The highest BCUT2D eigenvalue weighted by molar-refractivity contribution is 7.85. The van der Waals surface area contributed by atoms with Crippen molar-refractivity contribution >= 4 is 16.6 Å². The summed E-state index contributed by atoms with van der Waals surface area (Å²) in [6.07, 6.45) is 2.92. The van der Waals surface area contributed by atoms with Gasteiger partial charge in [0.15, 0.2) is 5.78 Å². The first kappa shape index (κ1) is 14.0. The van der Waals surface area contributed by atoms with Gasteiger partial charge in [0.25, 0.3) is 0 Å². The highest BCUT2D eigenvalue weighted by Crippen LogP contribution is 2.08. The molecule has 0 aromatic heterocycles. The van der Waals surface area contributed by atoms with E-state index in [4.69, 9.17) is 0 Å². The van der Waals surface area contributed by atoms with Crippen molar-refractivity contribution in [2.45, 2.75) is 26.2 Å². The third kappa shape index (κ3) is 4.77. The smallest absolute Gasteiger partial charge is 0.178 e. The van der Waals surface area contributed by atoms with Gasteiger partial charge in [-0.25, -0.2) is 4.39 Å². The summed E-state index contributed by atoms with van der Waals surface area (Å²) >= 11 is 0. The molecular formula is C13H17FO2S. The van der Waals surface area contributed by atoms with Crippen LogP contribution in [0.1, 0.15) is 36.5 Å². The Hall–Kier alpha value is -1.03. The number of Topliss-reactive ketones (excluding diaryl/α,β-unsaturated/α-hetero) is 1. The SMILES string of the molecule is CCCCCS(=O)CC(=O)c1ccccc1F. The lowest BCUT2D eigenvalue weighted by atomic mass is 10.1. The Balaban J connectivity index is 2.49. The van der Waals surface area contributed by atoms with Crippen LogP contribution >= 0.6 is 0 Å². The topological polar surface area (TPSA) is 34.1 Å². The number of halogens is 1. The van der Waals surface area contributed by atoms with Crippen LogP contribution < -0.4 is 0 Å². The van der Waals surface area contributed by atoms with Crippen molar-refractivity contribution in [2.24, 2.45) is 0 Å². The van der Waals surface area contributed by atoms with Crippen LogP contribution in [0.25, 0.3) is 0 Å². The summed E-state index contributed by atoms with van der Waals surface area (Å²) in [6.45, 7) is 2.06. The Labute approximate surface area is 104 Å². The molecule has 0 aliphatic carbocycles. The van der Waals surface area contributed by atoms with Gasteiger partial charge in [-0.05, 0) is 18.6 Å². The Bertz CT molecular complexity index is 404. The monoisotopic (exact) mass is 256 g/mol. The van der Waals surface area contributed by atoms with Crippen LogP contribution in [-0.2, 0) is 10.8 Å². The first-order valence-corrected chi connectivity index (χ1v) is 7.26. The van der Waals surface area contributed by atoms with E-state index in [0.29, 0.717) is 5.75 Å². The molecular weight excluding hydrogens is 239 g/mol. The lowest BCUT2D eigenvalue weighted by molar-refractivity contribution is 0.101. The molecule has 1 atom stereocenters. The number of carbonyl (C=O) groups excluding carboxylic acids is 1. The van der Waals surface area contributed by atoms with Gasteiger partial charge in [0.2, 0.25) is 0 Å². The lowest BCUT2D eigenvalue weighted by Gasteiger charge is -2.02. The Morgan fingerprint density at radius 3 is 2.65 bits per heavy atom. The zero-order valence-electron chi connectivity index (χ0n) is 9.95. The fourth-order valence-electron chi connectivity index (χ4n) is 1.50. The summed E-state index contributed by atoms with van der Waals surface area (Å²) < 4.78 is 24.9. The van der Waals surface area contributed by atoms with Crippen molar-refractivity contribution in [3.63, 3.8) is 0 Å². The van der Waals surface area contributed by atoms with Crippen LogP contribution in [0, 0.1) is 5.82 Å². The maximum atomic E-state index is 13.3. The van der Waals surface area contributed by atoms with E-state index in [-0.39, 0.29) is 17.1 Å². The summed E-state index contributed by atoms with van der Waals surface area (Å²) in [5.41, 5.74) is 0.0383. The molecule has 0 aliphatic heterocycles. The zero-order chi connectivity index (χ0) is 12.7. The molecule has 0 saturated heterocycles. The fraction of sp³-hybridized carbons (Fsp3) is 0.462. The van der Waals surface area contributed by atoms with E-state index >= 15 is 0 Å². The van der Waals surface area contributed by atoms with E-state index < -0.39 is 16.6 Å². The Morgan fingerprint density at radius 2 is 2.00 bits per heavy atom. The lowest BCUT2D eigenvalue weighted by Crippen LogP contribution is -2.14. The van der Waals surface area contributed by atoms with Gasteiger partial charge in [0.05, 0.1) is 11.3 Å². The average Bonchev–Trinajstić information content (AvgIpc) is 2.29. The predicted molar refractivity (Wildman–Crippen MR) is 68.1 cm³/mol. The first-order chi connectivity index (χ1) is 8.15. The number of hydrogen-bond donors (Lipinski definition) is 0. The van der Waals surface area contributed by atoms with Crippen molar-refractivity contribution in [2.75, 3.05) is 11.5 Å². The summed E-state index contributed by atoms with van der Waals surface area (Å²) in [5.74, 6) is -0.473.